The Balaban J connectivity index is 1.36. The van der Waals surface area contributed by atoms with E-state index >= 15 is 0 Å². The van der Waals surface area contributed by atoms with Gasteiger partial charge >= 0.3 is 0 Å². The number of amides is 1. The van der Waals surface area contributed by atoms with Gasteiger partial charge in [0.25, 0.3) is 11.5 Å². The van der Waals surface area contributed by atoms with Gasteiger partial charge in [-0.05, 0) is 43.3 Å². The van der Waals surface area contributed by atoms with Crippen LogP contribution in [0.3, 0.4) is 0 Å². The summed E-state index contributed by atoms with van der Waals surface area (Å²) < 4.78 is 10.8. The maximum absolute atomic E-state index is 12.3. The van der Waals surface area contributed by atoms with E-state index in [0.717, 1.165) is 16.8 Å². The summed E-state index contributed by atoms with van der Waals surface area (Å²) >= 11 is 0. The van der Waals surface area contributed by atoms with Crippen LogP contribution in [0, 0.1) is 6.92 Å². The molecular weight excluding hydrogens is 370 g/mol. The van der Waals surface area contributed by atoms with E-state index in [1.807, 2.05) is 31.2 Å². The highest BCUT2D eigenvalue weighted by atomic mass is 16.3. The van der Waals surface area contributed by atoms with Gasteiger partial charge in [-0.3, -0.25) is 9.59 Å². The van der Waals surface area contributed by atoms with Crippen molar-refractivity contribution in [3.8, 4) is 22.9 Å². The van der Waals surface area contributed by atoms with E-state index in [2.05, 4.69) is 15.3 Å². The highest BCUT2D eigenvalue weighted by Gasteiger charge is 2.13. The number of aromatic amines is 1. The zero-order valence-corrected chi connectivity index (χ0v) is 15.8. The lowest BCUT2D eigenvalue weighted by atomic mass is 10.1. The summed E-state index contributed by atoms with van der Waals surface area (Å²) in [6, 6.07) is 14.5. The van der Waals surface area contributed by atoms with Crippen molar-refractivity contribution >= 4 is 5.91 Å². The van der Waals surface area contributed by atoms with Gasteiger partial charge in [0, 0.05) is 18.5 Å². The molecule has 2 N–H and O–H groups in total. The minimum absolute atomic E-state index is 0.0424. The molecule has 1 aromatic carbocycles. The molecule has 3 heterocycles. The van der Waals surface area contributed by atoms with Crippen molar-refractivity contribution in [1.82, 2.24) is 15.3 Å². The maximum atomic E-state index is 12.3. The van der Waals surface area contributed by atoms with E-state index in [0.29, 0.717) is 30.3 Å². The Morgan fingerprint density at radius 1 is 1.10 bits per heavy atom. The van der Waals surface area contributed by atoms with Gasteiger partial charge in [-0.1, -0.05) is 17.7 Å². The van der Waals surface area contributed by atoms with Crippen LogP contribution in [0.2, 0.25) is 0 Å². The molecule has 7 nitrogen and oxygen atoms in total. The molecule has 29 heavy (non-hydrogen) atoms. The molecule has 4 aromatic rings. The van der Waals surface area contributed by atoms with Crippen molar-refractivity contribution in [2.45, 2.75) is 13.3 Å². The zero-order valence-electron chi connectivity index (χ0n) is 15.8. The molecule has 0 spiro atoms. The number of oxazole rings is 1. The summed E-state index contributed by atoms with van der Waals surface area (Å²) in [6.07, 6.45) is 3.58. The minimum atomic E-state index is -0.473. The van der Waals surface area contributed by atoms with Crippen LogP contribution < -0.4 is 10.9 Å². The lowest BCUT2D eigenvalue weighted by Crippen LogP contribution is -2.31. The van der Waals surface area contributed by atoms with Gasteiger partial charge in [-0.15, -0.1) is 0 Å². The van der Waals surface area contributed by atoms with Crippen LogP contribution in [0.25, 0.3) is 22.9 Å². The number of nitrogens with one attached hydrogen (secondary N) is 2. The summed E-state index contributed by atoms with van der Waals surface area (Å²) in [4.78, 5) is 31.6. The highest BCUT2D eigenvalue weighted by molar-refractivity contribution is 5.94. The number of aryl methyl sites for hydroxylation is 1. The number of pyridine rings is 1. The third kappa shape index (κ3) is 4.19. The normalized spacial score (nSPS) is 10.8. The van der Waals surface area contributed by atoms with E-state index in [9.17, 15) is 9.59 Å². The largest absolute Gasteiger partial charge is 0.463 e. The van der Waals surface area contributed by atoms with Crippen LogP contribution in [-0.2, 0) is 6.42 Å². The van der Waals surface area contributed by atoms with Crippen molar-refractivity contribution in [2.24, 2.45) is 0 Å². The number of H-pyrrole nitrogens is 1. The first-order chi connectivity index (χ1) is 14.1. The molecule has 0 saturated carbocycles. The van der Waals surface area contributed by atoms with Crippen molar-refractivity contribution in [2.75, 3.05) is 6.54 Å². The molecule has 0 bridgehead atoms. The molecule has 3 aromatic heterocycles. The molecule has 1 amide bonds. The number of carbonyl (C=O) groups is 1. The fourth-order valence-electron chi connectivity index (χ4n) is 2.88. The number of aromatic nitrogens is 2. The van der Waals surface area contributed by atoms with E-state index < -0.39 is 11.5 Å². The molecule has 146 valence electrons. The van der Waals surface area contributed by atoms with Crippen LogP contribution in [-0.4, -0.2) is 22.4 Å². The van der Waals surface area contributed by atoms with E-state index in [1.165, 1.54) is 12.3 Å². The van der Waals surface area contributed by atoms with Gasteiger partial charge in [0.1, 0.15) is 17.6 Å². The Morgan fingerprint density at radius 3 is 2.66 bits per heavy atom. The summed E-state index contributed by atoms with van der Waals surface area (Å²) in [6.45, 7) is 2.35. The van der Waals surface area contributed by atoms with Crippen molar-refractivity contribution in [1.29, 1.82) is 0 Å². The average Bonchev–Trinajstić information content (AvgIpc) is 3.41. The molecule has 7 heteroatoms. The lowest BCUT2D eigenvalue weighted by Gasteiger charge is -2.04. The predicted octanol–water partition coefficient (Wildman–Crippen LogP) is 3.57. The van der Waals surface area contributed by atoms with Crippen LogP contribution in [0.5, 0.6) is 0 Å². The molecule has 0 aliphatic rings. The first-order valence-electron chi connectivity index (χ1n) is 9.17. The number of nitrogens with zero attached hydrogens (tertiary/aromatic N) is 1. The molecule has 0 fully saturated rings. The average molecular weight is 389 g/mol. The molecule has 0 atom stereocenters. The molecule has 4 rings (SSSR count). The molecular formula is C22H19N3O4. The van der Waals surface area contributed by atoms with E-state index in [-0.39, 0.29) is 5.56 Å². The minimum Gasteiger partial charge on any atom is -0.463 e. The number of rotatable bonds is 6. The van der Waals surface area contributed by atoms with Crippen molar-refractivity contribution in [3.63, 3.8) is 0 Å². The van der Waals surface area contributed by atoms with Crippen LogP contribution in [0.4, 0.5) is 0 Å². The summed E-state index contributed by atoms with van der Waals surface area (Å²) in [5.41, 5.74) is 2.87. The Labute approximate surface area is 166 Å². The van der Waals surface area contributed by atoms with Gasteiger partial charge in [-0.25, -0.2) is 4.98 Å². The molecule has 0 aliphatic carbocycles. The third-order valence-electron chi connectivity index (χ3n) is 4.46. The Morgan fingerprint density at radius 2 is 1.93 bits per heavy atom. The first kappa shape index (κ1) is 18.5. The number of hydrogen-bond acceptors (Lipinski definition) is 5. The summed E-state index contributed by atoms with van der Waals surface area (Å²) in [5, 5.41) is 2.73. The second-order valence-electron chi connectivity index (χ2n) is 6.61. The predicted molar refractivity (Wildman–Crippen MR) is 107 cm³/mol. The van der Waals surface area contributed by atoms with Gasteiger partial charge in [0.05, 0.1) is 17.7 Å². The standard InChI is InChI=1S/C22H19N3O4/c1-14-4-6-15(7-5-14)22-24-16(13-29-22)10-11-23-20(26)17-8-9-18(25-21(17)27)19-3-2-12-28-19/h2-9,12-13H,10-11H2,1H3,(H,23,26)(H,25,27). The number of carbonyl (C=O) groups excluding carboxylic acids is 1. The summed E-state index contributed by atoms with van der Waals surface area (Å²) in [7, 11) is 0. The Kier molecular flexibility index (Phi) is 5.11. The fraction of sp³-hybridized carbons (Fsp3) is 0.136. The molecule has 0 unspecified atom stereocenters. The number of furan rings is 1. The maximum Gasteiger partial charge on any atom is 0.261 e. The van der Waals surface area contributed by atoms with Crippen LogP contribution in [0.15, 0.2) is 74.7 Å². The fourth-order valence-corrected chi connectivity index (χ4v) is 2.88. The quantitative estimate of drug-likeness (QED) is 0.525. The van der Waals surface area contributed by atoms with Gasteiger partial charge in [-0.2, -0.15) is 0 Å². The van der Waals surface area contributed by atoms with E-state index in [4.69, 9.17) is 8.83 Å². The SMILES string of the molecule is Cc1ccc(-c2nc(CCNC(=O)c3ccc(-c4ccco4)[nH]c3=O)co2)cc1. The molecule has 0 radical (unpaired) electrons. The second-order valence-corrected chi connectivity index (χ2v) is 6.61. The molecule has 0 saturated heterocycles. The topological polar surface area (TPSA) is 101 Å². The monoisotopic (exact) mass is 389 g/mol. The third-order valence-corrected chi connectivity index (χ3v) is 4.46. The van der Waals surface area contributed by atoms with Gasteiger partial charge < -0.3 is 19.1 Å². The lowest BCUT2D eigenvalue weighted by molar-refractivity contribution is 0.0952. The van der Waals surface area contributed by atoms with Crippen LogP contribution >= 0.6 is 0 Å². The van der Waals surface area contributed by atoms with Crippen LogP contribution in [0.1, 0.15) is 21.6 Å². The summed E-state index contributed by atoms with van der Waals surface area (Å²) in [5.74, 6) is 0.625. The van der Waals surface area contributed by atoms with Gasteiger partial charge in [0.15, 0.2) is 0 Å². The van der Waals surface area contributed by atoms with Crippen molar-refractivity contribution in [3.05, 3.63) is 88.2 Å². The highest BCUT2D eigenvalue weighted by Crippen LogP contribution is 2.19. The smallest absolute Gasteiger partial charge is 0.261 e. The van der Waals surface area contributed by atoms with Crippen molar-refractivity contribution < 1.29 is 13.6 Å². The Hall–Kier alpha value is -3.87. The zero-order chi connectivity index (χ0) is 20.2. The first-order valence-corrected chi connectivity index (χ1v) is 9.17. The second kappa shape index (κ2) is 8.02. The Bertz CT molecular complexity index is 1170. The number of hydrogen-bond donors (Lipinski definition) is 2. The van der Waals surface area contributed by atoms with E-state index in [1.54, 1.807) is 24.5 Å². The molecule has 0 aliphatic heterocycles. The number of benzene rings is 1. The van der Waals surface area contributed by atoms with Gasteiger partial charge in [0.2, 0.25) is 5.89 Å².